The third-order valence-electron chi connectivity index (χ3n) is 5.62. The van der Waals surface area contributed by atoms with Crippen LogP contribution in [0.2, 0.25) is 0 Å². The number of hydrogen-bond acceptors (Lipinski definition) is 1. The van der Waals surface area contributed by atoms with Gasteiger partial charge in [0.25, 0.3) is 0 Å². The van der Waals surface area contributed by atoms with Crippen LogP contribution in [0.4, 0.5) is 0 Å². The highest BCUT2D eigenvalue weighted by Crippen LogP contribution is 2.35. The first-order valence-corrected chi connectivity index (χ1v) is 9.67. The summed E-state index contributed by atoms with van der Waals surface area (Å²) < 4.78 is 2.26. The zero-order chi connectivity index (χ0) is 19.0. The van der Waals surface area contributed by atoms with Crippen LogP contribution < -0.4 is 10.3 Å². The molecule has 0 bridgehead atoms. The second-order valence-corrected chi connectivity index (χ2v) is 7.46. The maximum atomic E-state index is 10.8. The van der Waals surface area contributed by atoms with Crippen LogP contribution in [-0.2, 0) is 11.3 Å². The molecule has 0 atom stereocenters. The lowest BCUT2D eigenvalue weighted by molar-refractivity contribution is -0.696. The van der Waals surface area contributed by atoms with Gasteiger partial charge in [-0.3, -0.25) is 4.79 Å². The first kappa shape index (κ1) is 17.5. The lowest BCUT2D eigenvalue weighted by atomic mass is 9.97. The molecule has 0 saturated carbocycles. The number of H-pyrrole nitrogens is 1. The molecule has 3 N–H and O–H groups in total. The van der Waals surface area contributed by atoms with E-state index in [9.17, 15) is 4.79 Å². The Balaban J connectivity index is 1.71. The molecule has 0 unspecified atom stereocenters. The minimum absolute atomic E-state index is 0.207. The summed E-state index contributed by atoms with van der Waals surface area (Å²) in [6.45, 7) is 5.38. The molecule has 0 spiro atoms. The minimum atomic E-state index is -0.207. The fourth-order valence-electron chi connectivity index (χ4n) is 4.16. The van der Waals surface area contributed by atoms with Crippen molar-refractivity contribution in [3.63, 3.8) is 0 Å². The summed E-state index contributed by atoms with van der Waals surface area (Å²) >= 11 is 0. The highest BCUT2D eigenvalue weighted by molar-refractivity contribution is 6.16. The van der Waals surface area contributed by atoms with E-state index in [0.717, 1.165) is 25.8 Å². The van der Waals surface area contributed by atoms with Crippen molar-refractivity contribution in [3.8, 4) is 0 Å². The normalized spacial score (nSPS) is 11.6. The van der Waals surface area contributed by atoms with Crippen molar-refractivity contribution in [2.75, 3.05) is 0 Å². The van der Waals surface area contributed by atoms with Crippen molar-refractivity contribution in [2.45, 2.75) is 46.1 Å². The van der Waals surface area contributed by atoms with Gasteiger partial charge in [-0.1, -0.05) is 18.2 Å². The molecule has 0 aliphatic heterocycles. The molecule has 0 fully saturated rings. The van der Waals surface area contributed by atoms with E-state index in [-0.39, 0.29) is 5.91 Å². The number of pyridine rings is 1. The number of amides is 1. The molecule has 0 aliphatic rings. The van der Waals surface area contributed by atoms with Gasteiger partial charge in [-0.2, -0.15) is 0 Å². The van der Waals surface area contributed by atoms with Gasteiger partial charge >= 0.3 is 0 Å². The van der Waals surface area contributed by atoms with Gasteiger partial charge in [-0.25, -0.2) is 4.57 Å². The van der Waals surface area contributed by atoms with Crippen molar-refractivity contribution < 1.29 is 9.36 Å². The molecule has 0 radical (unpaired) electrons. The number of aryl methyl sites for hydroxylation is 3. The summed E-state index contributed by atoms with van der Waals surface area (Å²) in [6, 6.07) is 10.8. The van der Waals surface area contributed by atoms with Crippen LogP contribution in [-0.4, -0.2) is 10.9 Å². The molecular formula is C23H26N3O+. The zero-order valence-electron chi connectivity index (χ0n) is 16.0. The van der Waals surface area contributed by atoms with Gasteiger partial charge in [-0.05, 0) is 49.3 Å². The number of carbonyl (C=O) groups excluding carboxylic acids is 1. The van der Waals surface area contributed by atoms with Crippen LogP contribution in [0.1, 0.15) is 36.8 Å². The Bertz CT molecular complexity index is 1160. The molecule has 27 heavy (non-hydrogen) atoms. The second kappa shape index (κ2) is 7.03. The standard InChI is InChI=1S/C23H25N3O/c1-15-17-11-13-26(12-7-3-4-10-21(24)27)14-19(17)16(2)23-22(15)18-8-5-6-9-20(18)25-23/h5-6,8-9,11,13-14H,3-4,7,10,12H2,1-2H3,(H2,24,27)/p+1. The number of primary amides is 1. The predicted molar refractivity (Wildman–Crippen MR) is 111 cm³/mol. The van der Waals surface area contributed by atoms with E-state index in [1.54, 1.807) is 0 Å². The van der Waals surface area contributed by atoms with E-state index in [1.165, 1.54) is 43.7 Å². The van der Waals surface area contributed by atoms with Crippen LogP contribution in [0.25, 0.3) is 32.6 Å². The van der Waals surface area contributed by atoms with Crippen molar-refractivity contribution >= 4 is 38.5 Å². The number of benzene rings is 2. The van der Waals surface area contributed by atoms with Gasteiger partial charge in [0.05, 0.1) is 10.9 Å². The van der Waals surface area contributed by atoms with Crippen LogP contribution in [0.3, 0.4) is 0 Å². The van der Waals surface area contributed by atoms with Gasteiger partial charge < -0.3 is 10.7 Å². The number of para-hydroxylation sites is 1. The molecule has 4 rings (SSSR count). The van der Waals surface area contributed by atoms with Crippen LogP contribution in [0.5, 0.6) is 0 Å². The van der Waals surface area contributed by atoms with Crippen LogP contribution in [0, 0.1) is 13.8 Å². The number of aromatic nitrogens is 2. The van der Waals surface area contributed by atoms with Crippen LogP contribution in [0.15, 0.2) is 42.7 Å². The minimum Gasteiger partial charge on any atom is -0.370 e. The fraction of sp³-hybridized carbons (Fsp3) is 0.304. The number of nitrogens with zero attached hydrogens (tertiary/aromatic N) is 1. The quantitative estimate of drug-likeness (QED) is 0.388. The summed E-state index contributed by atoms with van der Waals surface area (Å²) in [5.41, 5.74) is 10.3. The van der Waals surface area contributed by atoms with Gasteiger partial charge in [0, 0.05) is 35.2 Å². The number of fused-ring (bicyclic) bond motifs is 4. The summed E-state index contributed by atoms with van der Waals surface area (Å²) in [5, 5.41) is 5.24. The van der Waals surface area contributed by atoms with E-state index in [2.05, 4.69) is 66.1 Å². The molecule has 4 heteroatoms. The topological polar surface area (TPSA) is 62.8 Å². The number of hydrogen-bond donors (Lipinski definition) is 2. The number of nitrogens with one attached hydrogen (secondary N) is 1. The summed E-state index contributed by atoms with van der Waals surface area (Å²) in [4.78, 5) is 14.5. The van der Waals surface area contributed by atoms with E-state index in [1.807, 2.05) is 0 Å². The molecule has 2 aromatic heterocycles. The highest BCUT2D eigenvalue weighted by atomic mass is 16.1. The highest BCUT2D eigenvalue weighted by Gasteiger charge is 2.16. The summed E-state index contributed by atoms with van der Waals surface area (Å²) in [7, 11) is 0. The average molecular weight is 360 g/mol. The largest absolute Gasteiger partial charge is 0.370 e. The Labute approximate surface area is 159 Å². The van der Waals surface area contributed by atoms with E-state index >= 15 is 0 Å². The summed E-state index contributed by atoms with van der Waals surface area (Å²) in [6.07, 6.45) is 7.86. The predicted octanol–water partition coefficient (Wildman–Crippen LogP) is 4.42. The maximum absolute atomic E-state index is 10.8. The second-order valence-electron chi connectivity index (χ2n) is 7.46. The monoisotopic (exact) mass is 360 g/mol. The molecule has 2 aromatic carbocycles. The summed E-state index contributed by atoms with van der Waals surface area (Å²) in [5.74, 6) is -0.207. The zero-order valence-corrected chi connectivity index (χ0v) is 16.0. The number of unbranched alkanes of at least 4 members (excludes halogenated alkanes) is 2. The van der Waals surface area contributed by atoms with Gasteiger partial charge in [-0.15, -0.1) is 0 Å². The maximum Gasteiger partial charge on any atom is 0.217 e. The molecule has 0 saturated heterocycles. The first-order valence-electron chi connectivity index (χ1n) is 9.67. The van der Waals surface area contributed by atoms with E-state index in [4.69, 9.17) is 5.73 Å². The van der Waals surface area contributed by atoms with Crippen molar-refractivity contribution in [1.82, 2.24) is 4.98 Å². The Morgan fingerprint density at radius 1 is 1.00 bits per heavy atom. The third kappa shape index (κ3) is 3.16. The number of rotatable bonds is 6. The molecule has 138 valence electrons. The molecule has 4 nitrogen and oxygen atoms in total. The molecular weight excluding hydrogens is 334 g/mol. The lowest BCUT2D eigenvalue weighted by Gasteiger charge is -2.08. The Morgan fingerprint density at radius 2 is 1.81 bits per heavy atom. The van der Waals surface area contributed by atoms with Crippen molar-refractivity contribution in [1.29, 1.82) is 0 Å². The van der Waals surface area contributed by atoms with E-state index < -0.39 is 0 Å². The third-order valence-corrected chi connectivity index (χ3v) is 5.62. The molecule has 1 amide bonds. The molecule has 4 aromatic rings. The van der Waals surface area contributed by atoms with Gasteiger partial charge in [0.15, 0.2) is 12.4 Å². The Kier molecular flexibility index (Phi) is 4.56. The number of carbonyl (C=O) groups is 1. The van der Waals surface area contributed by atoms with Crippen molar-refractivity contribution in [2.24, 2.45) is 5.73 Å². The smallest absolute Gasteiger partial charge is 0.217 e. The Morgan fingerprint density at radius 3 is 2.63 bits per heavy atom. The average Bonchev–Trinajstić information content (AvgIpc) is 3.05. The van der Waals surface area contributed by atoms with Crippen LogP contribution >= 0.6 is 0 Å². The number of aromatic amines is 1. The fourth-order valence-corrected chi connectivity index (χ4v) is 4.16. The molecule has 2 heterocycles. The number of nitrogens with two attached hydrogens (primary N) is 1. The molecule has 0 aliphatic carbocycles. The lowest BCUT2D eigenvalue weighted by Crippen LogP contribution is -2.32. The Hall–Kier alpha value is -2.88. The van der Waals surface area contributed by atoms with Crippen molar-refractivity contribution in [3.05, 3.63) is 53.9 Å². The first-order chi connectivity index (χ1) is 13.1. The van der Waals surface area contributed by atoms with Gasteiger partial charge in [0.2, 0.25) is 5.91 Å². The SMILES string of the molecule is Cc1c2c[n+](CCCCCC(N)=O)ccc2c(C)c2c1[nH]c1ccccc12. The van der Waals surface area contributed by atoms with E-state index in [0.29, 0.717) is 6.42 Å². The van der Waals surface area contributed by atoms with Gasteiger partial charge in [0.1, 0.15) is 6.54 Å².